The van der Waals surface area contributed by atoms with Crippen LogP contribution in [0, 0.1) is 5.41 Å². The number of rotatable bonds is 22. The second-order valence-electron chi connectivity index (χ2n) is 14.5. The van der Waals surface area contributed by atoms with Crippen LogP contribution in [0.4, 0.5) is 0 Å². The van der Waals surface area contributed by atoms with Crippen LogP contribution in [-0.2, 0) is 14.3 Å². The fraction of sp³-hybridized carbons (Fsp3) is 0.882. The third-order valence-corrected chi connectivity index (χ3v) is 8.13. The van der Waals surface area contributed by atoms with Crippen molar-refractivity contribution in [3.05, 3.63) is 12.3 Å². The maximum atomic E-state index is 12.9. The number of carbonyl (C=O) groups is 2. The summed E-state index contributed by atoms with van der Waals surface area (Å²) < 4.78 is 5.79. The molecule has 6 heteroatoms. The number of allylic oxidation sites excluding steroid dienone is 1. The number of unbranched alkanes of at least 4 members (excludes halogenated alkanes) is 13. The first-order valence-corrected chi connectivity index (χ1v) is 16.7. The Morgan fingerprint density at radius 1 is 0.825 bits per heavy atom. The first kappa shape index (κ1) is 36.7. The zero-order valence-corrected chi connectivity index (χ0v) is 27.7. The smallest absolute Gasteiger partial charge is 0.240 e. The first-order chi connectivity index (χ1) is 18.8. The van der Waals surface area contributed by atoms with Crippen LogP contribution >= 0.6 is 0 Å². The Hall–Kier alpha value is -1.30. The number of nitrogens with one attached hydrogen (secondary N) is 1. The van der Waals surface area contributed by atoms with Crippen LogP contribution < -0.4 is 5.32 Å². The average Bonchev–Trinajstić information content (AvgIpc) is 3.30. The third-order valence-electron chi connectivity index (χ3n) is 8.13. The molecule has 2 unspecified atom stereocenters. The van der Waals surface area contributed by atoms with E-state index in [9.17, 15) is 9.59 Å². The zero-order chi connectivity index (χ0) is 30.0. The summed E-state index contributed by atoms with van der Waals surface area (Å²) in [4.78, 5) is 27.4. The third kappa shape index (κ3) is 17.5. The minimum atomic E-state index is -0.173. The van der Waals surface area contributed by atoms with Gasteiger partial charge in [0.05, 0.1) is 17.5 Å². The summed E-state index contributed by atoms with van der Waals surface area (Å²) in [5, 5.41) is 3.19. The Balaban J connectivity index is 1.92. The van der Waals surface area contributed by atoms with Crippen molar-refractivity contribution in [3.8, 4) is 0 Å². The predicted octanol–water partition coefficient (Wildman–Crippen LogP) is 8.17. The van der Waals surface area contributed by atoms with Crippen molar-refractivity contribution in [3.63, 3.8) is 0 Å². The summed E-state index contributed by atoms with van der Waals surface area (Å²) in [6.45, 7) is 18.1. The highest BCUT2D eigenvalue weighted by atomic mass is 16.5. The summed E-state index contributed by atoms with van der Waals surface area (Å²) in [6, 6.07) is -0.173. The van der Waals surface area contributed by atoms with Crippen LogP contribution in [0.5, 0.6) is 0 Å². The van der Waals surface area contributed by atoms with E-state index >= 15 is 0 Å². The van der Waals surface area contributed by atoms with Crippen molar-refractivity contribution in [2.45, 2.75) is 168 Å². The molecule has 232 valence electrons. The molecule has 0 aromatic heterocycles. The van der Waals surface area contributed by atoms with E-state index in [1.807, 2.05) is 11.9 Å². The zero-order valence-electron chi connectivity index (χ0n) is 27.7. The summed E-state index contributed by atoms with van der Waals surface area (Å²) in [5.74, 6) is 1.45. The van der Waals surface area contributed by atoms with Gasteiger partial charge in [-0.3, -0.25) is 4.79 Å². The molecular formula is C34H65BN2O3. The molecule has 0 radical (unpaired) electrons. The van der Waals surface area contributed by atoms with Gasteiger partial charge in [0.15, 0.2) is 0 Å². The van der Waals surface area contributed by atoms with Crippen molar-refractivity contribution in [2.75, 3.05) is 20.1 Å². The fourth-order valence-corrected chi connectivity index (χ4v) is 5.98. The molecule has 1 saturated heterocycles. The quantitative estimate of drug-likeness (QED) is 0.0824. The van der Waals surface area contributed by atoms with Gasteiger partial charge < -0.3 is 19.7 Å². The molecular weight excluding hydrogens is 495 g/mol. The molecule has 40 heavy (non-hydrogen) atoms. The van der Waals surface area contributed by atoms with Crippen molar-refractivity contribution in [2.24, 2.45) is 5.41 Å². The minimum Gasteiger partial charge on any atom is -0.493 e. The van der Waals surface area contributed by atoms with E-state index in [4.69, 9.17) is 4.74 Å². The molecule has 0 aromatic carbocycles. The van der Waals surface area contributed by atoms with E-state index in [0.29, 0.717) is 25.2 Å². The normalized spacial score (nSPS) is 16.7. The lowest BCUT2D eigenvalue weighted by molar-refractivity contribution is -0.134. The van der Waals surface area contributed by atoms with Crippen molar-refractivity contribution in [1.82, 2.24) is 10.2 Å². The minimum absolute atomic E-state index is 0.112. The van der Waals surface area contributed by atoms with E-state index in [-0.39, 0.29) is 23.0 Å². The molecule has 5 nitrogen and oxygen atoms in total. The van der Waals surface area contributed by atoms with Gasteiger partial charge in [0.2, 0.25) is 13.2 Å². The largest absolute Gasteiger partial charge is 0.493 e. The first-order valence-electron chi connectivity index (χ1n) is 16.7. The number of ether oxygens (including phenoxy) is 1. The number of likely N-dealkylation sites (N-methyl/N-ethyl adjacent to an activating group) is 1. The highest BCUT2D eigenvalue weighted by Gasteiger charge is 2.36. The molecule has 0 aliphatic carbocycles. The van der Waals surface area contributed by atoms with Gasteiger partial charge in [-0.05, 0) is 64.7 Å². The summed E-state index contributed by atoms with van der Waals surface area (Å²) in [6.07, 6.45) is 20.8. The summed E-state index contributed by atoms with van der Waals surface area (Å²) in [7, 11) is 2.51. The molecule has 0 aromatic rings. The standard InChI is InChI=1S/C34H65BN2O3/c1-28(40-34(5,6)7)23-21-19-17-15-13-11-9-10-12-14-16-18-20-22-24-30(38)35-29-25-26-37(27-29)32(39)31(36-8)33(2,3)4/h29,31,35-36H,1,9-27H2,2-8H3. The van der Waals surface area contributed by atoms with E-state index in [1.54, 1.807) is 0 Å². The van der Waals surface area contributed by atoms with E-state index in [1.165, 1.54) is 83.5 Å². The van der Waals surface area contributed by atoms with Crippen LogP contribution in [0.25, 0.3) is 0 Å². The number of amides is 1. The Bertz CT molecular complexity index is 726. The highest BCUT2D eigenvalue weighted by molar-refractivity contribution is 6.75. The molecule has 1 aliphatic heterocycles. The summed E-state index contributed by atoms with van der Waals surface area (Å²) >= 11 is 0. The molecule has 1 amide bonds. The SMILES string of the molecule is C=C(CCCCCCCCCCCCCCCCC(=O)BC1CCN(C(=O)C(NC)C(C)(C)C)C1)OC(C)(C)C. The Morgan fingerprint density at radius 2 is 1.27 bits per heavy atom. The lowest BCUT2D eigenvalue weighted by atomic mass is 9.59. The topological polar surface area (TPSA) is 58.6 Å². The van der Waals surface area contributed by atoms with Gasteiger partial charge in [0.25, 0.3) is 0 Å². The van der Waals surface area contributed by atoms with E-state index < -0.39 is 0 Å². The van der Waals surface area contributed by atoms with Crippen LogP contribution in [0.3, 0.4) is 0 Å². The van der Waals surface area contributed by atoms with Gasteiger partial charge in [-0.15, -0.1) is 0 Å². The second kappa shape index (κ2) is 19.8. The average molecular weight is 561 g/mol. The number of likely N-dealkylation sites (tertiary alicyclic amines) is 1. The predicted molar refractivity (Wildman–Crippen MR) is 173 cm³/mol. The van der Waals surface area contributed by atoms with E-state index in [2.05, 4.69) is 53.4 Å². The van der Waals surface area contributed by atoms with Gasteiger partial charge in [0.1, 0.15) is 5.60 Å². The van der Waals surface area contributed by atoms with Gasteiger partial charge in [-0.2, -0.15) is 0 Å². The van der Waals surface area contributed by atoms with Gasteiger partial charge in [-0.25, -0.2) is 0 Å². The second-order valence-corrected chi connectivity index (χ2v) is 14.5. The molecule has 1 aliphatic rings. The number of hydrogen-bond acceptors (Lipinski definition) is 4. The Labute approximate surface area is 249 Å². The number of nitrogens with zero attached hydrogens (tertiary/aromatic N) is 1. The Morgan fingerprint density at radius 3 is 1.70 bits per heavy atom. The maximum Gasteiger partial charge on any atom is 0.240 e. The van der Waals surface area contributed by atoms with Crippen LogP contribution in [0.1, 0.15) is 151 Å². The lowest BCUT2D eigenvalue weighted by Crippen LogP contribution is -2.51. The van der Waals surface area contributed by atoms with Crippen LogP contribution in [-0.4, -0.2) is 55.5 Å². The van der Waals surface area contributed by atoms with Gasteiger partial charge in [0, 0.05) is 19.5 Å². The molecule has 1 rings (SSSR count). The highest BCUT2D eigenvalue weighted by Crippen LogP contribution is 2.27. The monoisotopic (exact) mass is 561 g/mol. The lowest BCUT2D eigenvalue weighted by Gasteiger charge is -2.32. The Kier molecular flexibility index (Phi) is 18.1. The van der Waals surface area contributed by atoms with Crippen LogP contribution in [0.15, 0.2) is 12.3 Å². The molecule has 1 heterocycles. The summed E-state index contributed by atoms with van der Waals surface area (Å²) in [5.41, 5.74) is 0.156. The van der Waals surface area contributed by atoms with E-state index in [0.717, 1.165) is 38.1 Å². The molecule has 0 bridgehead atoms. The fourth-order valence-electron chi connectivity index (χ4n) is 5.98. The van der Waals surface area contributed by atoms with Gasteiger partial charge in [-0.1, -0.05) is 104 Å². The molecule has 2 atom stereocenters. The van der Waals surface area contributed by atoms with Gasteiger partial charge >= 0.3 is 0 Å². The van der Waals surface area contributed by atoms with Crippen LogP contribution in [0.2, 0.25) is 5.82 Å². The van der Waals surface area contributed by atoms with Crippen molar-refractivity contribution in [1.29, 1.82) is 0 Å². The number of carbonyl (C=O) groups excluding carboxylic acids is 2. The number of hydrogen-bond donors (Lipinski definition) is 1. The van der Waals surface area contributed by atoms with Crippen molar-refractivity contribution < 1.29 is 14.3 Å². The molecule has 0 spiro atoms. The maximum absolute atomic E-state index is 12.9. The molecule has 1 N–H and O–H groups in total. The molecule has 0 saturated carbocycles. The molecule has 1 fully saturated rings. The van der Waals surface area contributed by atoms with Crippen molar-refractivity contribution >= 4 is 18.9 Å².